The number of aliphatic hydroxyl groups is 1. The summed E-state index contributed by atoms with van der Waals surface area (Å²) < 4.78 is 13.6. The first-order valence-corrected chi connectivity index (χ1v) is 21.1. The molecule has 5 aromatic carbocycles. The predicted octanol–water partition coefficient (Wildman–Crippen LogP) is 6.74. The van der Waals surface area contributed by atoms with E-state index in [0.717, 1.165) is 37.2 Å². The van der Waals surface area contributed by atoms with Gasteiger partial charge >= 0.3 is 5.97 Å². The van der Waals surface area contributed by atoms with Crippen LogP contribution in [0.2, 0.25) is 0 Å². The second-order valence-electron chi connectivity index (χ2n) is 15.7. The molecule has 0 radical (unpaired) electrons. The zero-order valence-electron chi connectivity index (χ0n) is 32.4. The van der Waals surface area contributed by atoms with Crippen LogP contribution >= 0.6 is 22.6 Å². The number of carbonyl (C=O) groups is 3. The number of aliphatic imine (C=N–C) groups is 1. The Kier molecular flexibility index (Phi) is 9.53. The van der Waals surface area contributed by atoms with E-state index >= 15 is 9.59 Å². The van der Waals surface area contributed by atoms with Crippen LogP contribution in [0.4, 0.5) is 17.1 Å². The third-order valence-electron chi connectivity index (χ3n) is 12.6. The van der Waals surface area contributed by atoms with Gasteiger partial charge in [0.2, 0.25) is 11.8 Å². The van der Waals surface area contributed by atoms with Crippen molar-refractivity contribution < 1.29 is 29.0 Å². The molecule has 12 heteroatoms. The van der Waals surface area contributed by atoms with Crippen molar-refractivity contribution >= 4 is 63.3 Å². The lowest BCUT2D eigenvalue weighted by molar-refractivity contribution is -0.178. The molecule has 4 fully saturated rings. The van der Waals surface area contributed by atoms with Gasteiger partial charge in [0.1, 0.15) is 30.3 Å². The number of cyclic esters (lactones) is 1. The Hall–Kier alpha value is -5.57. The number of hydrogen-bond acceptors (Lipinski definition) is 9. The van der Waals surface area contributed by atoms with E-state index in [4.69, 9.17) is 14.5 Å². The summed E-state index contributed by atoms with van der Waals surface area (Å²) in [7, 11) is 0. The van der Waals surface area contributed by atoms with Crippen molar-refractivity contribution in [1.82, 2.24) is 9.80 Å². The van der Waals surface area contributed by atoms with Crippen LogP contribution in [0.15, 0.2) is 132 Å². The van der Waals surface area contributed by atoms with Crippen molar-refractivity contribution in [3.05, 3.63) is 153 Å². The Morgan fingerprint density at radius 2 is 1.49 bits per heavy atom. The Morgan fingerprint density at radius 1 is 0.814 bits per heavy atom. The number of hydrogen-bond donors (Lipinski definition) is 1. The number of anilines is 2. The zero-order valence-corrected chi connectivity index (χ0v) is 34.5. The van der Waals surface area contributed by atoms with Crippen molar-refractivity contribution in [1.29, 1.82) is 0 Å². The quantitative estimate of drug-likeness (QED) is 0.135. The molecular formula is C47H42IN5O6. The molecule has 0 unspecified atom stereocenters. The number of aliphatic hydroxyl groups excluding tert-OH is 1. The smallest absolute Gasteiger partial charge is 0.324 e. The number of benzene rings is 5. The number of halogens is 1. The Morgan fingerprint density at radius 3 is 2.19 bits per heavy atom. The highest BCUT2D eigenvalue weighted by atomic mass is 127. The molecule has 59 heavy (non-hydrogen) atoms. The van der Waals surface area contributed by atoms with Crippen LogP contribution in [0.5, 0.6) is 5.75 Å². The van der Waals surface area contributed by atoms with Crippen molar-refractivity contribution in [2.75, 3.05) is 49.2 Å². The lowest BCUT2D eigenvalue weighted by Gasteiger charge is -2.47. The Bertz CT molecular complexity index is 2480. The number of rotatable bonds is 8. The van der Waals surface area contributed by atoms with Crippen molar-refractivity contribution in [3.63, 3.8) is 0 Å². The molecule has 5 aromatic rings. The molecule has 298 valence electrons. The molecule has 5 aliphatic heterocycles. The molecule has 0 bridgehead atoms. The van der Waals surface area contributed by atoms with Crippen LogP contribution < -0.4 is 14.5 Å². The fourth-order valence-electron chi connectivity index (χ4n) is 10.2. The normalized spacial score (nSPS) is 25.8. The van der Waals surface area contributed by atoms with Gasteiger partial charge in [0.25, 0.3) is 0 Å². The minimum Gasteiger partial charge on any atom is -0.491 e. The third kappa shape index (κ3) is 5.97. The van der Waals surface area contributed by atoms with Gasteiger partial charge in [-0.1, -0.05) is 72.8 Å². The molecule has 6 atom stereocenters. The number of ether oxygens (including phenoxy) is 2. The number of morpholine rings is 1. The molecule has 0 saturated carbocycles. The monoisotopic (exact) mass is 899 g/mol. The Labute approximate surface area is 356 Å². The SMILES string of the molecule is CC(=O)N1CCN(c2ccc(N3C(=O)[C@H]4[C@@H]5C(=O)O[C@@H](c6ccccc6)[C@@H](c6ccccc6)N5[C@@H](c5cccc(OCCO)c5)[C@]45C3=Nc3ccc(I)cc35)cc2)CC1. The summed E-state index contributed by atoms with van der Waals surface area (Å²) >= 11 is 2.32. The summed E-state index contributed by atoms with van der Waals surface area (Å²) in [6.07, 6.45) is -0.679. The maximum Gasteiger partial charge on any atom is 0.324 e. The van der Waals surface area contributed by atoms with Crippen LogP contribution in [0.1, 0.15) is 47.4 Å². The first kappa shape index (κ1) is 37.7. The van der Waals surface area contributed by atoms with Crippen molar-refractivity contribution in [2.45, 2.75) is 36.6 Å². The minimum atomic E-state index is -1.12. The topological polar surface area (TPSA) is 115 Å². The van der Waals surface area contributed by atoms with E-state index in [9.17, 15) is 9.90 Å². The van der Waals surface area contributed by atoms with E-state index in [1.807, 2.05) is 114 Å². The second-order valence-corrected chi connectivity index (χ2v) is 16.9. The first-order valence-electron chi connectivity index (χ1n) is 20.0. The van der Waals surface area contributed by atoms with Gasteiger partial charge in [-0.2, -0.15) is 0 Å². The summed E-state index contributed by atoms with van der Waals surface area (Å²) in [5, 5.41) is 9.70. The summed E-state index contributed by atoms with van der Waals surface area (Å²) in [6, 6.07) is 39.8. The standard InChI is InChI=1S/C47H42IN5O6/c1-29(55)50-21-23-51(24-22-50)34-16-18-35(19-17-34)52-44(56)39-41-45(57)59-42(31-11-6-3-7-12-31)40(30-9-4-2-5-10-30)53(41)43(32-13-8-14-36(27-32)58-26-25-54)47(39)37-28-33(48)15-20-38(37)49-46(47)52/h2-20,27-28,39-43,54H,21-26H2,1H3/t39-,40-,41-,42+,43+,47-/m1/s1. The summed E-state index contributed by atoms with van der Waals surface area (Å²) in [6.45, 7) is 4.30. The van der Waals surface area contributed by atoms with Gasteiger partial charge in [0.15, 0.2) is 0 Å². The second kappa shape index (κ2) is 14.9. The first-order chi connectivity index (χ1) is 28.8. The van der Waals surface area contributed by atoms with Gasteiger partial charge in [-0.05, 0) is 99.4 Å². The lowest BCUT2D eigenvalue weighted by atomic mass is 9.67. The number of piperazine rings is 1. The highest BCUT2D eigenvalue weighted by molar-refractivity contribution is 14.1. The average molecular weight is 900 g/mol. The molecule has 10 rings (SSSR count). The minimum absolute atomic E-state index is 0.0776. The molecule has 2 amide bonds. The van der Waals surface area contributed by atoms with Gasteiger partial charge in [-0.25, -0.2) is 4.99 Å². The fourth-order valence-corrected chi connectivity index (χ4v) is 10.7. The van der Waals surface area contributed by atoms with Crippen molar-refractivity contribution in [3.8, 4) is 5.75 Å². The number of amidine groups is 1. The summed E-state index contributed by atoms with van der Waals surface area (Å²) in [4.78, 5) is 56.2. The van der Waals surface area contributed by atoms with Gasteiger partial charge in [0, 0.05) is 42.4 Å². The fraction of sp³-hybridized carbons (Fsp3) is 0.277. The highest BCUT2D eigenvalue weighted by Crippen LogP contribution is 2.68. The van der Waals surface area contributed by atoms with Gasteiger partial charge in [0.05, 0.1) is 41.4 Å². The van der Waals surface area contributed by atoms with E-state index in [2.05, 4.69) is 50.6 Å². The van der Waals surface area contributed by atoms with E-state index in [-0.39, 0.29) is 25.0 Å². The molecule has 1 N–H and O–H groups in total. The van der Waals surface area contributed by atoms with Gasteiger partial charge in [-0.3, -0.25) is 24.2 Å². The van der Waals surface area contributed by atoms with E-state index in [1.54, 1.807) is 11.8 Å². The molecule has 4 saturated heterocycles. The third-order valence-corrected chi connectivity index (χ3v) is 13.3. The van der Waals surface area contributed by atoms with Crippen LogP contribution in [-0.2, 0) is 24.5 Å². The van der Waals surface area contributed by atoms with E-state index in [1.165, 1.54) is 0 Å². The molecule has 0 aliphatic carbocycles. The van der Waals surface area contributed by atoms with Crippen LogP contribution in [0.25, 0.3) is 0 Å². The lowest BCUT2D eigenvalue weighted by Crippen LogP contribution is -2.53. The zero-order chi connectivity index (χ0) is 40.4. The van der Waals surface area contributed by atoms with E-state index < -0.39 is 41.5 Å². The molecule has 1 spiro atoms. The van der Waals surface area contributed by atoms with Crippen LogP contribution in [0, 0.1) is 9.49 Å². The predicted molar refractivity (Wildman–Crippen MR) is 232 cm³/mol. The molecule has 5 heterocycles. The number of carbonyl (C=O) groups excluding carboxylic acids is 3. The average Bonchev–Trinajstić information content (AvgIpc) is 3.84. The molecular weight excluding hydrogens is 857 g/mol. The van der Waals surface area contributed by atoms with Crippen molar-refractivity contribution in [2.24, 2.45) is 10.9 Å². The van der Waals surface area contributed by atoms with Gasteiger partial charge in [-0.15, -0.1) is 0 Å². The van der Waals surface area contributed by atoms with Gasteiger partial charge < -0.3 is 24.4 Å². The highest BCUT2D eigenvalue weighted by Gasteiger charge is 2.77. The molecule has 5 aliphatic rings. The maximum atomic E-state index is 15.7. The molecule has 11 nitrogen and oxygen atoms in total. The summed E-state index contributed by atoms with van der Waals surface area (Å²) in [5.74, 6) is -0.355. The largest absolute Gasteiger partial charge is 0.491 e. The molecule has 0 aromatic heterocycles. The number of nitrogens with zero attached hydrogens (tertiary/aromatic N) is 5. The number of fused-ring (bicyclic) bond motifs is 3. The van der Waals surface area contributed by atoms with Crippen LogP contribution in [0.3, 0.4) is 0 Å². The summed E-state index contributed by atoms with van der Waals surface area (Å²) in [5.41, 5.74) is 4.84. The number of amides is 2. The number of esters is 1. The van der Waals surface area contributed by atoms with E-state index in [0.29, 0.717) is 43.5 Å². The van der Waals surface area contributed by atoms with Crippen LogP contribution in [-0.4, -0.2) is 84.0 Å². The maximum absolute atomic E-state index is 15.7. The Balaban J connectivity index is 1.17.